The molecule has 0 N–H and O–H groups in total. The largest absolute Gasteiger partial charge is 0.372 e. The molecule has 0 heterocycles. The second-order valence-corrected chi connectivity index (χ2v) is 16.5. The molecule has 7 aromatic rings. The van der Waals surface area contributed by atoms with E-state index in [1.807, 2.05) is 18.2 Å². The lowest BCUT2D eigenvalue weighted by Gasteiger charge is -2.25. The van der Waals surface area contributed by atoms with Crippen LogP contribution >= 0.6 is 0 Å². The molecule has 0 amide bonds. The van der Waals surface area contributed by atoms with E-state index in [-0.39, 0.29) is 16.3 Å². The number of anilines is 3. The fraction of sp³-hybridized carbons (Fsp3) is 0.471. The minimum absolute atomic E-state index is 0.0890. The first kappa shape index (κ1) is 40.5. The Morgan fingerprint density at radius 2 is 0.544 bits per heavy atom. The molecule has 0 aliphatic rings. The molecule has 0 radical (unpaired) electrons. The Morgan fingerprint density at radius 1 is 0.316 bits per heavy atom. The van der Waals surface area contributed by atoms with Crippen LogP contribution in [-0.4, -0.2) is 39.3 Å². The highest BCUT2D eigenvalue weighted by molar-refractivity contribution is 6.43. The van der Waals surface area contributed by atoms with Crippen molar-refractivity contribution < 1.29 is 0 Å². The van der Waals surface area contributed by atoms with Gasteiger partial charge in [0.1, 0.15) is 0 Å². The van der Waals surface area contributed by atoms with E-state index in [1.165, 1.54) is 0 Å². The first-order valence-corrected chi connectivity index (χ1v) is 22.4. The van der Waals surface area contributed by atoms with Crippen LogP contribution in [-0.2, 0) is 0 Å². The van der Waals surface area contributed by atoms with Crippen LogP contribution in [0.2, 0.25) is 0 Å². The Kier molecular flexibility index (Phi) is 12.7. The molecule has 7 aromatic carbocycles. The van der Waals surface area contributed by atoms with Crippen LogP contribution < -0.4 is 31.0 Å². The molecule has 0 spiro atoms. The average molecular weight is 766 g/mol. The first-order valence-electron chi connectivity index (χ1n) is 22.4. The van der Waals surface area contributed by atoms with Gasteiger partial charge in [-0.2, -0.15) is 0 Å². The number of benzene rings is 4. The van der Waals surface area contributed by atoms with E-state index < -0.39 is 0 Å². The van der Waals surface area contributed by atoms with Gasteiger partial charge >= 0.3 is 0 Å². The summed E-state index contributed by atoms with van der Waals surface area (Å²) in [4.78, 5) is 52.2. The molecular formula is C51H63N3O3. The second-order valence-electron chi connectivity index (χ2n) is 16.5. The van der Waals surface area contributed by atoms with Gasteiger partial charge in [0, 0.05) is 105 Å². The maximum atomic E-state index is 15.0. The van der Waals surface area contributed by atoms with Crippen molar-refractivity contribution in [3.8, 4) is 0 Å². The molecule has 0 atom stereocenters. The van der Waals surface area contributed by atoms with E-state index in [2.05, 4.69) is 92.6 Å². The van der Waals surface area contributed by atoms with Gasteiger partial charge < -0.3 is 14.7 Å². The lowest BCUT2D eigenvalue weighted by molar-refractivity contribution is 0.678. The highest BCUT2D eigenvalue weighted by atomic mass is 16.1. The molecule has 57 heavy (non-hydrogen) atoms. The van der Waals surface area contributed by atoms with Crippen molar-refractivity contribution in [1.29, 1.82) is 0 Å². The Balaban J connectivity index is 1.63. The Labute approximate surface area is 338 Å². The lowest BCUT2D eigenvalue weighted by atomic mass is 9.99. The monoisotopic (exact) mass is 765 g/mol. The van der Waals surface area contributed by atoms with Crippen LogP contribution in [0.1, 0.15) is 119 Å². The van der Waals surface area contributed by atoms with Crippen LogP contribution in [0.5, 0.6) is 0 Å². The van der Waals surface area contributed by atoms with E-state index in [0.717, 1.165) is 150 Å². The Bertz CT molecular complexity index is 2310. The van der Waals surface area contributed by atoms with E-state index in [0.29, 0.717) is 48.5 Å². The Morgan fingerprint density at radius 3 is 0.754 bits per heavy atom. The number of unbranched alkanes of at least 4 members (excludes halogenated alkanes) is 6. The van der Waals surface area contributed by atoms with E-state index in [9.17, 15) is 14.4 Å². The minimum Gasteiger partial charge on any atom is -0.372 e. The van der Waals surface area contributed by atoms with Gasteiger partial charge in [-0.1, -0.05) is 80.1 Å². The van der Waals surface area contributed by atoms with Gasteiger partial charge in [-0.3, -0.25) is 14.4 Å². The first-order chi connectivity index (χ1) is 27.8. The van der Waals surface area contributed by atoms with Gasteiger partial charge in [0.2, 0.25) is 0 Å². The third kappa shape index (κ3) is 7.34. The highest BCUT2D eigenvalue weighted by Gasteiger charge is 2.28. The second kappa shape index (κ2) is 17.8. The summed E-state index contributed by atoms with van der Waals surface area (Å²) in [5.74, 6) is 0. The van der Waals surface area contributed by atoms with Gasteiger partial charge in [-0.25, -0.2) is 0 Å². The quantitative estimate of drug-likeness (QED) is 0.0726. The average Bonchev–Trinajstić information content (AvgIpc) is 3.80. The maximum absolute atomic E-state index is 15.0. The summed E-state index contributed by atoms with van der Waals surface area (Å²) in [7, 11) is 0. The van der Waals surface area contributed by atoms with E-state index >= 15 is 0 Å². The summed E-state index contributed by atoms with van der Waals surface area (Å²) in [6.45, 7) is 19.0. The SMILES string of the molecule is CCCCN(CCCC)c1ccc2c(=O)c3c(c2c1)c1c(=O)c2ccc(N(CCCC)CCCC)cc2c1c1c(=O)c2ccc(N(CCCC)CCCC)cc2c31. The summed E-state index contributed by atoms with van der Waals surface area (Å²) in [5, 5.41) is 8.05. The van der Waals surface area contributed by atoms with Crippen molar-refractivity contribution in [2.45, 2.75) is 119 Å². The molecule has 300 valence electrons. The summed E-state index contributed by atoms with van der Waals surface area (Å²) < 4.78 is 0. The molecule has 7 rings (SSSR count). The third-order valence-electron chi connectivity index (χ3n) is 12.5. The Hall–Kier alpha value is -4.71. The zero-order valence-corrected chi connectivity index (χ0v) is 35.5. The fourth-order valence-corrected chi connectivity index (χ4v) is 9.25. The smallest absolute Gasteiger partial charge is 0.194 e. The molecule has 0 saturated carbocycles. The molecule has 0 aliphatic heterocycles. The highest BCUT2D eigenvalue weighted by Crippen LogP contribution is 2.44. The van der Waals surface area contributed by atoms with Crippen molar-refractivity contribution >= 4 is 81.7 Å². The number of hydrogen-bond donors (Lipinski definition) is 0. The normalized spacial score (nSPS) is 12.1. The summed E-state index contributed by atoms with van der Waals surface area (Å²) >= 11 is 0. The maximum Gasteiger partial charge on any atom is 0.194 e. The molecule has 6 nitrogen and oxygen atoms in total. The van der Waals surface area contributed by atoms with Crippen LogP contribution in [0, 0.1) is 0 Å². The van der Waals surface area contributed by atoms with Gasteiger partial charge in [0.05, 0.1) is 0 Å². The third-order valence-corrected chi connectivity index (χ3v) is 12.5. The number of nitrogens with zero attached hydrogens (tertiary/aromatic N) is 3. The zero-order chi connectivity index (χ0) is 40.2. The standard InChI is InChI=1S/C51H63N3O3/c1-7-13-25-52(26-14-8-2)34-19-22-37-40(31-34)43-46(49(37)55)44-42-33-36(54(29-17-11-5)30-18-12-6)21-24-39(42)51(57)48(44)45-41-32-35(20-23-38(41)50(56)47(43)45)53(27-15-9-3)28-16-10-4/h19-24,31-33H,7-18,25-30H2,1-6H3. The zero-order valence-electron chi connectivity index (χ0n) is 35.5. The molecule has 0 unspecified atom stereocenters. The fourth-order valence-electron chi connectivity index (χ4n) is 9.25. The van der Waals surface area contributed by atoms with Crippen LogP contribution in [0.3, 0.4) is 0 Å². The lowest BCUT2D eigenvalue weighted by Crippen LogP contribution is -2.25. The number of fused-ring (bicyclic) bond motifs is 12. The van der Waals surface area contributed by atoms with E-state index in [4.69, 9.17) is 0 Å². The van der Waals surface area contributed by atoms with Crippen molar-refractivity contribution in [1.82, 2.24) is 0 Å². The molecular weight excluding hydrogens is 703 g/mol. The van der Waals surface area contributed by atoms with Crippen LogP contribution in [0.4, 0.5) is 17.1 Å². The van der Waals surface area contributed by atoms with Gasteiger partial charge in [0.25, 0.3) is 0 Å². The molecule has 0 aromatic heterocycles. The minimum atomic E-state index is -0.0890. The van der Waals surface area contributed by atoms with Crippen molar-refractivity contribution in [3.05, 3.63) is 85.3 Å². The van der Waals surface area contributed by atoms with Crippen LogP contribution in [0.25, 0.3) is 64.6 Å². The number of hydrogen-bond acceptors (Lipinski definition) is 6. The van der Waals surface area contributed by atoms with Gasteiger partial charge in [0.15, 0.2) is 16.3 Å². The van der Waals surface area contributed by atoms with Crippen LogP contribution in [0.15, 0.2) is 69.0 Å². The topological polar surface area (TPSA) is 60.9 Å². The van der Waals surface area contributed by atoms with Crippen molar-refractivity contribution in [2.75, 3.05) is 54.0 Å². The summed E-state index contributed by atoms with van der Waals surface area (Å²) in [6, 6.07) is 18.7. The molecule has 0 aliphatic carbocycles. The summed E-state index contributed by atoms with van der Waals surface area (Å²) in [6.07, 6.45) is 13.1. The molecule has 0 fully saturated rings. The van der Waals surface area contributed by atoms with Crippen molar-refractivity contribution in [2.24, 2.45) is 0 Å². The number of rotatable bonds is 21. The molecule has 0 bridgehead atoms. The van der Waals surface area contributed by atoms with Crippen molar-refractivity contribution in [3.63, 3.8) is 0 Å². The van der Waals surface area contributed by atoms with Gasteiger partial charge in [-0.05, 0) is 109 Å². The predicted molar refractivity (Wildman–Crippen MR) is 250 cm³/mol. The predicted octanol–water partition coefficient (Wildman–Crippen LogP) is 12.2. The van der Waals surface area contributed by atoms with Gasteiger partial charge in [-0.15, -0.1) is 0 Å². The summed E-state index contributed by atoms with van der Waals surface area (Å²) in [5.41, 5.74) is 2.98. The molecule has 6 heteroatoms. The van der Waals surface area contributed by atoms with E-state index in [1.54, 1.807) is 0 Å². The molecule has 0 saturated heterocycles.